The second kappa shape index (κ2) is 8.25. The second-order valence-electron chi connectivity index (χ2n) is 5.07. The van der Waals surface area contributed by atoms with Gasteiger partial charge in [0.2, 0.25) is 0 Å². The van der Waals surface area contributed by atoms with Gasteiger partial charge < -0.3 is 14.2 Å². The molecule has 118 valence electrons. The highest BCUT2D eigenvalue weighted by Crippen LogP contribution is 2.43. The van der Waals surface area contributed by atoms with Gasteiger partial charge in [0.15, 0.2) is 11.5 Å². The summed E-state index contributed by atoms with van der Waals surface area (Å²) in [5.41, 5.74) is 1.04. The summed E-state index contributed by atoms with van der Waals surface area (Å²) in [6.07, 6.45) is 2.24. The van der Waals surface area contributed by atoms with E-state index in [0.29, 0.717) is 29.9 Å². The van der Waals surface area contributed by atoms with Crippen molar-refractivity contribution in [3.8, 4) is 11.5 Å². The normalized spacial score (nSPS) is 20.1. The van der Waals surface area contributed by atoms with Crippen molar-refractivity contribution in [2.45, 2.75) is 31.5 Å². The second-order valence-corrected chi connectivity index (χ2v) is 6.46. The topological polar surface area (TPSA) is 27.7 Å². The molecule has 3 nitrogen and oxygen atoms in total. The SMILES string of the molecule is CCOc1cc(Cl)c(C(Br)C2CCCOC2)cc1OCC. The minimum absolute atomic E-state index is 0.167. The lowest BCUT2D eigenvalue weighted by Crippen LogP contribution is -2.21. The average molecular weight is 378 g/mol. The Labute approximate surface area is 140 Å². The van der Waals surface area contributed by atoms with Crippen LogP contribution in [-0.2, 0) is 4.74 Å². The van der Waals surface area contributed by atoms with Gasteiger partial charge in [0.05, 0.1) is 19.8 Å². The van der Waals surface area contributed by atoms with Crippen LogP contribution >= 0.6 is 27.5 Å². The molecule has 1 aromatic carbocycles. The highest BCUT2D eigenvalue weighted by Gasteiger charge is 2.26. The maximum Gasteiger partial charge on any atom is 0.162 e. The summed E-state index contributed by atoms with van der Waals surface area (Å²) in [7, 11) is 0. The minimum atomic E-state index is 0.167. The molecule has 0 spiro atoms. The van der Waals surface area contributed by atoms with Crippen molar-refractivity contribution in [3.05, 3.63) is 22.7 Å². The molecule has 0 saturated carbocycles. The van der Waals surface area contributed by atoms with E-state index >= 15 is 0 Å². The Morgan fingerprint density at radius 3 is 2.52 bits per heavy atom. The molecule has 0 aromatic heterocycles. The van der Waals surface area contributed by atoms with Gasteiger partial charge in [0.25, 0.3) is 0 Å². The van der Waals surface area contributed by atoms with E-state index in [0.717, 1.165) is 37.4 Å². The van der Waals surface area contributed by atoms with Crippen LogP contribution in [0.4, 0.5) is 0 Å². The highest BCUT2D eigenvalue weighted by atomic mass is 79.9. The fourth-order valence-electron chi connectivity index (χ4n) is 2.55. The van der Waals surface area contributed by atoms with Gasteiger partial charge in [-0.1, -0.05) is 27.5 Å². The van der Waals surface area contributed by atoms with Crippen molar-refractivity contribution >= 4 is 27.5 Å². The molecule has 1 aliphatic heterocycles. The number of rotatable bonds is 6. The van der Waals surface area contributed by atoms with Gasteiger partial charge in [0, 0.05) is 22.5 Å². The number of ether oxygens (including phenoxy) is 3. The molecule has 1 aliphatic rings. The van der Waals surface area contributed by atoms with E-state index in [1.807, 2.05) is 26.0 Å². The average Bonchev–Trinajstić information content (AvgIpc) is 2.50. The standard InChI is InChI=1S/C16H22BrClO3/c1-3-20-14-8-12(13(18)9-15(14)21-4-2)16(17)11-6-5-7-19-10-11/h8-9,11,16H,3-7,10H2,1-2H3. The number of hydrogen-bond acceptors (Lipinski definition) is 3. The molecule has 1 saturated heterocycles. The van der Waals surface area contributed by atoms with Crippen molar-refractivity contribution in [1.29, 1.82) is 0 Å². The predicted molar refractivity (Wildman–Crippen MR) is 89.0 cm³/mol. The number of benzene rings is 1. The van der Waals surface area contributed by atoms with Gasteiger partial charge in [-0.3, -0.25) is 0 Å². The zero-order valence-corrected chi connectivity index (χ0v) is 14.9. The maximum absolute atomic E-state index is 6.44. The first-order chi connectivity index (χ1) is 10.2. The summed E-state index contributed by atoms with van der Waals surface area (Å²) in [5.74, 6) is 1.89. The van der Waals surface area contributed by atoms with Crippen molar-refractivity contribution in [2.24, 2.45) is 5.92 Å². The number of hydrogen-bond donors (Lipinski definition) is 0. The lowest BCUT2D eigenvalue weighted by atomic mass is 9.94. The van der Waals surface area contributed by atoms with Crippen molar-refractivity contribution in [3.63, 3.8) is 0 Å². The Morgan fingerprint density at radius 2 is 1.95 bits per heavy atom. The third kappa shape index (κ3) is 4.27. The van der Waals surface area contributed by atoms with E-state index in [1.54, 1.807) is 0 Å². The van der Waals surface area contributed by atoms with Crippen LogP contribution in [0.2, 0.25) is 5.02 Å². The minimum Gasteiger partial charge on any atom is -0.490 e. The van der Waals surface area contributed by atoms with Gasteiger partial charge in [-0.15, -0.1) is 0 Å². The van der Waals surface area contributed by atoms with E-state index in [-0.39, 0.29) is 4.83 Å². The molecule has 0 aliphatic carbocycles. The van der Waals surface area contributed by atoms with Gasteiger partial charge in [-0.05, 0) is 44.2 Å². The molecular formula is C16H22BrClO3. The third-order valence-electron chi connectivity index (χ3n) is 3.57. The van der Waals surface area contributed by atoms with E-state index in [2.05, 4.69) is 15.9 Å². The smallest absolute Gasteiger partial charge is 0.162 e. The van der Waals surface area contributed by atoms with Crippen LogP contribution < -0.4 is 9.47 Å². The van der Waals surface area contributed by atoms with Crippen molar-refractivity contribution in [1.82, 2.24) is 0 Å². The number of halogens is 2. The zero-order valence-electron chi connectivity index (χ0n) is 12.5. The number of alkyl halides is 1. The Bertz CT molecular complexity index is 461. The Morgan fingerprint density at radius 1 is 1.29 bits per heavy atom. The molecule has 1 aromatic rings. The lowest BCUT2D eigenvalue weighted by Gasteiger charge is -2.27. The summed E-state index contributed by atoms with van der Waals surface area (Å²) in [6.45, 7) is 6.72. The van der Waals surface area contributed by atoms with E-state index < -0.39 is 0 Å². The van der Waals surface area contributed by atoms with Crippen LogP contribution in [-0.4, -0.2) is 26.4 Å². The summed E-state index contributed by atoms with van der Waals surface area (Å²) >= 11 is 10.2. The first-order valence-electron chi connectivity index (χ1n) is 7.48. The third-order valence-corrected chi connectivity index (χ3v) is 5.14. The monoisotopic (exact) mass is 376 g/mol. The summed E-state index contributed by atoms with van der Waals surface area (Å²) in [5, 5.41) is 0.703. The molecule has 0 amide bonds. The van der Waals surface area contributed by atoms with Gasteiger partial charge in [-0.2, -0.15) is 0 Å². The predicted octanol–water partition coefficient (Wildman–Crippen LogP) is 5.00. The molecule has 2 unspecified atom stereocenters. The van der Waals surface area contributed by atoms with Crippen LogP contribution in [0.25, 0.3) is 0 Å². The molecule has 0 N–H and O–H groups in total. The van der Waals surface area contributed by atoms with E-state index in [1.165, 1.54) is 0 Å². The molecular weight excluding hydrogens is 356 g/mol. The molecule has 1 fully saturated rings. The van der Waals surface area contributed by atoms with Crippen LogP contribution in [0.3, 0.4) is 0 Å². The fraction of sp³-hybridized carbons (Fsp3) is 0.625. The Hall–Kier alpha value is -0.450. The summed E-state index contributed by atoms with van der Waals surface area (Å²) in [4.78, 5) is 0.167. The molecule has 5 heteroatoms. The van der Waals surface area contributed by atoms with Crippen LogP contribution in [0.15, 0.2) is 12.1 Å². The van der Waals surface area contributed by atoms with Crippen LogP contribution in [0.5, 0.6) is 11.5 Å². The summed E-state index contributed by atoms with van der Waals surface area (Å²) in [6, 6.07) is 3.84. The van der Waals surface area contributed by atoms with Crippen molar-refractivity contribution < 1.29 is 14.2 Å². The van der Waals surface area contributed by atoms with Crippen molar-refractivity contribution in [2.75, 3.05) is 26.4 Å². The van der Waals surface area contributed by atoms with E-state index in [9.17, 15) is 0 Å². The van der Waals surface area contributed by atoms with Crippen LogP contribution in [0, 0.1) is 5.92 Å². The van der Waals surface area contributed by atoms with Gasteiger partial charge in [-0.25, -0.2) is 0 Å². The zero-order chi connectivity index (χ0) is 15.2. The largest absolute Gasteiger partial charge is 0.490 e. The maximum atomic E-state index is 6.44. The Balaban J connectivity index is 2.27. The molecule has 2 atom stereocenters. The fourth-order valence-corrected chi connectivity index (χ4v) is 3.75. The highest BCUT2D eigenvalue weighted by molar-refractivity contribution is 9.09. The molecule has 0 radical (unpaired) electrons. The molecule has 21 heavy (non-hydrogen) atoms. The van der Waals surface area contributed by atoms with Gasteiger partial charge in [0.1, 0.15) is 0 Å². The molecule has 0 bridgehead atoms. The summed E-state index contributed by atoms with van der Waals surface area (Å²) < 4.78 is 16.9. The quantitative estimate of drug-likeness (QED) is 0.653. The van der Waals surface area contributed by atoms with E-state index in [4.69, 9.17) is 25.8 Å². The lowest BCUT2D eigenvalue weighted by molar-refractivity contribution is 0.0546. The molecule has 2 rings (SSSR count). The molecule has 1 heterocycles. The first-order valence-corrected chi connectivity index (χ1v) is 8.77. The first kappa shape index (κ1) is 16.9. The Kier molecular flexibility index (Phi) is 6.65. The van der Waals surface area contributed by atoms with Gasteiger partial charge >= 0.3 is 0 Å². The van der Waals surface area contributed by atoms with Crippen LogP contribution in [0.1, 0.15) is 37.1 Å².